The molecule has 0 radical (unpaired) electrons. The number of hydrogen-bond acceptors (Lipinski definition) is 2. The van der Waals surface area contributed by atoms with Crippen LogP contribution in [-0.4, -0.2) is 29.5 Å². The number of carbonyl (C=O) groups is 1. The van der Waals surface area contributed by atoms with Gasteiger partial charge in [0.1, 0.15) is 0 Å². The van der Waals surface area contributed by atoms with Crippen molar-refractivity contribution in [3.63, 3.8) is 0 Å². The maximum absolute atomic E-state index is 10.5. The lowest BCUT2D eigenvalue weighted by molar-refractivity contribution is -0.125. The van der Waals surface area contributed by atoms with Gasteiger partial charge in [0.15, 0.2) is 0 Å². The molecule has 1 fully saturated rings. The first-order valence-electron chi connectivity index (χ1n) is 2.12. The van der Waals surface area contributed by atoms with Gasteiger partial charge in [-0.05, 0) is 0 Å². The van der Waals surface area contributed by atoms with Crippen LogP contribution in [0.2, 0.25) is 0 Å². The van der Waals surface area contributed by atoms with Crippen molar-refractivity contribution in [2.24, 2.45) is 0 Å². The van der Waals surface area contributed by atoms with Crippen molar-refractivity contribution in [1.82, 2.24) is 4.90 Å². The van der Waals surface area contributed by atoms with Crippen molar-refractivity contribution in [2.45, 2.75) is 0 Å². The monoisotopic (exact) mass is 117 g/mol. The minimum Gasteiger partial charge on any atom is -0.336 e. The molecule has 0 aliphatic carbocycles. The zero-order valence-electron chi connectivity index (χ0n) is 4.18. The molecule has 0 unspecified atom stereocenters. The van der Waals surface area contributed by atoms with Crippen LogP contribution in [-0.2, 0) is 4.79 Å². The van der Waals surface area contributed by atoms with Crippen LogP contribution in [0.15, 0.2) is 0 Å². The summed E-state index contributed by atoms with van der Waals surface area (Å²) in [6, 6.07) is 0. The van der Waals surface area contributed by atoms with Crippen molar-refractivity contribution in [3.05, 3.63) is 0 Å². The molecule has 2 nitrogen and oxygen atoms in total. The second kappa shape index (κ2) is 1.74. The Morgan fingerprint density at radius 2 is 2.57 bits per heavy atom. The minimum absolute atomic E-state index is 0.255. The van der Waals surface area contributed by atoms with Gasteiger partial charge in [0.25, 0.3) is 0 Å². The molecule has 0 spiro atoms. The van der Waals surface area contributed by atoms with Crippen LogP contribution in [0.5, 0.6) is 0 Å². The molecule has 0 N–H and O–H groups in total. The molecule has 3 heteroatoms. The van der Waals surface area contributed by atoms with Crippen molar-refractivity contribution < 1.29 is 4.79 Å². The Morgan fingerprint density at radius 3 is 2.71 bits per heavy atom. The lowest BCUT2D eigenvalue weighted by Crippen LogP contribution is -2.19. The van der Waals surface area contributed by atoms with Gasteiger partial charge in [-0.15, -0.1) is 11.8 Å². The van der Waals surface area contributed by atoms with E-state index < -0.39 is 0 Å². The van der Waals surface area contributed by atoms with Gasteiger partial charge in [-0.25, -0.2) is 0 Å². The van der Waals surface area contributed by atoms with Crippen LogP contribution < -0.4 is 0 Å². The average molecular weight is 117 g/mol. The van der Waals surface area contributed by atoms with Crippen molar-refractivity contribution in [1.29, 1.82) is 0 Å². The Labute approximate surface area is 46.9 Å². The molecule has 40 valence electrons. The van der Waals surface area contributed by atoms with Gasteiger partial charge in [0.05, 0.1) is 11.6 Å². The van der Waals surface area contributed by atoms with Crippen LogP contribution >= 0.6 is 11.8 Å². The van der Waals surface area contributed by atoms with Crippen molar-refractivity contribution in [3.8, 4) is 0 Å². The fraction of sp³-hybridized carbons (Fsp3) is 0.750. The number of nitrogens with zero attached hydrogens (tertiary/aromatic N) is 1. The first kappa shape index (κ1) is 4.97. The van der Waals surface area contributed by atoms with E-state index >= 15 is 0 Å². The van der Waals surface area contributed by atoms with Gasteiger partial charge >= 0.3 is 0 Å². The van der Waals surface area contributed by atoms with Crippen LogP contribution in [0.25, 0.3) is 0 Å². The molecule has 0 atom stereocenters. The second-order valence-corrected chi connectivity index (χ2v) is 2.52. The summed E-state index contributed by atoms with van der Waals surface area (Å²) in [6.07, 6.45) is 0. The van der Waals surface area contributed by atoms with Crippen LogP contribution in [0.1, 0.15) is 0 Å². The van der Waals surface area contributed by atoms with Gasteiger partial charge in [-0.3, -0.25) is 4.79 Å². The van der Waals surface area contributed by atoms with Gasteiger partial charge in [0, 0.05) is 7.05 Å². The maximum atomic E-state index is 10.5. The third kappa shape index (κ3) is 0.881. The van der Waals surface area contributed by atoms with Gasteiger partial charge < -0.3 is 4.90 Å². The molecule has 0 aromatic carbocycles. The van der Waals surface area contributed by atoms with E-state index in [2.05, 4.69) is 0 Å². The highest BCUT2D eigenvalue weighted by Gasteiger charge is 2.14. The predicted octanol–water partition coefficient (Wildman–Crippen LogP) is 0.149. The average Bonchev–Trinajstić information content (AvgIpc) is 1.91. The lowest BCUT2D eigenvalue weighted by atomic mass is 10.6. The van der Waals surface area contributed by atoms with E-state index in [1.54, 1.807) is 16.7 Å². The predicted molar refractivity (Wildman–Crippen MR) is 30.1 cm³/mol. The summed E-state index contributed by atoms with van der Waals surface area (Å²) in [5.41, 5.74) is 0. The molecule has 1 rings (SSSR count). The van der Waals surface area contributed by atoms with Gasteiger partial charge in [-0.1, -0.05) is 0 Å². The minimum atomic E-state index is 0.255. The van der Waals surface area contributed by atoms with E-state index in [1.807, 2.05) is 7.05 Å². The third-order valence-corrected chi connectivity index (χ3v) is 1.96. The molecule has 1 heterocycles. The summed E-state index contributed by atoms with van der Waals surface area (Å²) in [4.78, 5) is 12.2. The van der Waals surface area contributed by atoms with Crippen molar-refractivity contribution >= 4 is 17.7 Å². The van der Waals surface area contributed by atoms with E-state index in [1.165, 1.54) is 0 Å². The van der Waals surface area contributed by atoms with E-state index in [4.69, 9.17) is 0 Å². The quantitative estimate of drug-likeness (QED) is 0.450. The number of amides is 1. The van der Waals surface area contributed by atoms with E-state index in [0.717, 1.165) is 5.88 Å². The zero-order valence-corrected chi connectivity index (χ0v) is 4.99. The largest absolute Gasteiger partial charge is 0.336 e. The molecule has 0 aromatic rings. The molecule has 0 saturated carbocycles. The Hall–Kier alpha value is -0.180. The standard InChI is InChI=1S/C4H7NOS/c1-5-3-7-2-4(5)6/h2-3H2,1H3. The number of hydrogen-bond donors (Lipinski definition) is 0. The number of rotatable bonds is 0. The molecule has 0 aromatic heterocycles. The normalized spacial score (nSPS) is 21.3. The van der Waals surface area contributed by atoms with Crippen LogP contribution in [0.3, 0.4) is 0 Å². The van der Waals surface area contributed by atoms with E-state index in [0.29, 0.717) is 5.75 Å². The van der Waals surface area contributed by atoms with Crippen LogP contribution in [0.4, 0.5) is 0 Å². The second-order valence-electron chi connectivity index (χ2n) is 1.57. The number of carbonyl (C=O) groups excluding carboxylic acids is 1. The first-order chi connectivity index (χ1) is 3.30. The molecule has 7 heavy (non-hydrogen) atoms. The molecular weight excluding hydrogens is 110 g/mol. The summed E-state index contributed by atoms with van der Waals surface area (Å²) in [5, 5.41) is 0. The third-order valence-electron chi connectivity index (χ3n) is 0.936. The molecule has 0 bridgehead atoms. The summed E-state index contributed by atoms with van der Waals surface area (Å²) in [7, 11) is 1.82. The number of thioether (sulfide) groups is 1. The fourth-order valence-corrected chi connectivity index (χ4v) is 1.36. The van der Waals surface area contributed by atoms with Gasteiger partial charge in [0.2, 0.25) is 5.91 Å². The Kier molecular flexibility index (Phi) is 1.23. The molecular formula is C4H7NOS. The highest BCUT2D eigenvalue weighted by atomic mass is 32.2. The molecule has 1 saturated heterocycles. The highest BCUT2D eigenvalue weighted by Crippen LogP contribution is 2.11. The fourth-order valence-electron chi connectivity index (χ4n) is 0.452. The topological polar surface area (TPSA) is 20.3 Å². The Balaban J connectivity index is 2.48. The Bertz CT molecular complexity index is 93.7. The SMILES string of the molecule is CN1CSCC1=O. The van der Waals surface area contributed by atoms with Gasteiger partial charge in [-0.2, -0.15) is 0 Å². The summed E-state index contributed by atoms with van der Waals surface area (Å²) >= 11 is 1.67. The summed E-state index contributed by atoms with van der Waals surface area (Å²) < 4.78 is 0. The van der Waals surface area contributed by atoms with Crippen LogP contribution in [0, 0.1) is 0 Å². The molecule has 1 aliphatic rings. The maximum Gasteiger partial charge on any atom is 0.233 e. The van der Waals surface area contributed by atoms with E-state index in [-0.39, 0.29) is 5.91 Å². The lowest BCUT2D eigenvalue weighted by Gasteiger charge is -2.01. The summed E-state index contributed by atoms with van der Waals surface area (Å²) in [6.45, 7) is 0. The highest BCUT2D eigenvalue weighted by molar-refractivity contribution is 8.00. The van der Waals surface area contributed by atoms with E-state index in [9.17, 15) is 4.79 Å². The molecule has 1 aliphatic heterocycles. The first-order valence-corrected chi connectivity index (χ1v) is 3.28. The Morgan fingerprint density at radius 1 is 1.86 bits per heavy atom. The summed E-state index contributed by atoms with van der Waals surface area (Å²) in [5.74, 6) is 1.81. The molecule has 1 amide bonds. The smallest absolute Gasteiger partial charge is 0.233 e. The zero-order chi connectivity index (χ0) is 5.28. The van der Waals surface area contributed by atoms with Crippen molar-refractivity contribution in [2.75, 3.05) is 18.7 Å².